The minimum Gasteiger partial charge on any atom is -0.396 e. The van der Waals surface area contributed by atoms with E-state index < -0.39 is 0 Å². The summed E-state index contributed by atoms with van der Waals surface area (Å²) in [5, 5.41) is 16.1. The number of aliphatic hydroxyl groups excluding tert-OH is 1. The van der Waals surface area contributed by atoms with Gasteiger partial charge in [0.15, 0.2) is 5.96 Å². The van der Waals surface area contributed by atoms with E-state index in [0.717, 1.165) is 84.0 Å². The Bertz CT molecular complexity index is 506. The first kappa shape index (κ1) is 27.4. The molecule has 1 heterocycles. The molecule has 0 radical (unpaired) electrons. The van der Waals surface area contributed by atoms with Crippen LogP contribution < -0.4 is 10.6 Å². The summed E-state index contributed by atoms with van der Waals surface area (Å²) < 4.78 is 0. The van der Waals surface area contributed by atoms with Crippen molar-refractivity contribution in [3.63, 3.8) is 0 Å². The molecule has 0 spiro atoms. The molecular formula is C22H44IN5O2. The van der Waals surface area contributed by atoms with E-state index in [2.05, 4.69) is 41.2 Å². The molecule has 1 unspecified atom stereocenters. The third-order valence-corrected chi connectivity index (χ3v) is 6.05. The summed E-state index contributed by atoms with van der Waals surface area (Å²) in [7, 11) is 0. The number of aliphatic hydroxyl groups is 1. The molecule has 0 aromatic heterocycles. The summed E-state index contributed by atoms with van der Waals surface area (Å²) in [5.74, 6) is 2.60. The molecule has 30 heavy (non-hydrogen) atoms. The Morgan fingerprint density at radius 2 is 1.87 bits per heavy atom. The highest BCUT2D eigenvalue weighted by Crippen LogP contribution is 2.28. The standard InChI is InChI=1S/C22H43N5O2.HI/c1-4-23-22(25-17-19(8-15-28)16-18(2)3)24-9-10-26-11-13-27(14-12-26)21(29)20-6-5-7-20;/h18-20,28H,4-17H2,1-3H3,(H2,23,24,25);1H. The average molecular weight is 538 g/mol. The van der Waals surface area contributed by atoms with Crippen LogP contribution in [0, 0.1) is 17.8 Å². The maximum absolute atomic E-state index is 12.4. The zero-order valence-electron chi connectivity index (χ0n) is 19.2. The molecule has 176 valence electrons. The number of piperazine rings is 1. The molecule has 2 fully saturated rings. The van der Waals surface area contributed by atoms with Gasteiger partial charge >= 0.3 is 0 Å². The second-order valence-electron chi connectivity index (χ2n) is 8.95. The average Bonchev–Trinajstić information content (AvgIpc) is 2.64. The van der Waals surface area contributed by atoms with Crippen LogP contribution >= 0.6 is 24.0 Å². The van der Waals surface area contributed by atoms with E-state index >= 15 is 0 Å². The van der Waals surface area contributed by atoms with E-state index in [1.54, 1.807) is 0 Å². The fourth-order valence-electron chi connectivity index (χ4n) is 4.13. The largest absolute Gasteiger partial charge is 0.396 e. The molecule has 2 aliphatic rings. The Morgan fingerprint density at radius 1 is 1.17 bits per heavy atom. The van der Waals surface area contributed by atoms with Crippen molar-refractivity contribution in [2.45, 2.75) is 52.9 Å². The zero-order valence-corrected chi connectivity index (χ0v) is 21.6. The van der Waals surface area contributed by atoms with Gasteiger partial charge < -0.3 is 20.6 Å². The van der Waals surface area contributed by atoms with Crippen molar-refractivity contribution in [3.8, 4) is 0 Å². The fourth-order valence-corrected chi connectivity index (χ4v) is 4.13. The van der Waals surface area contributed by atoms with Crippen molar-refractivity contribution >= 4 is 35.8 Å². The van der Waals surface area contributed by atoms with Crippen LogP contribution in [0.5, 0.6) is 0 Å². The highest BCUT2D eigenvalue weighted by atomic mass is 127. The lowest BCUT2D eigenvalue weighted by molar-refractivity contribution is -0.139. The molecule has 1 amide bonds. The highest BCUT2D eigenvalue weighted by Gasteiger charge is 2.30. The lowest BCUT2D eigenvalue weighted by Gasteiger charge is -2.38. The Morgan fingerprint density at radius 3 is 2.40 bits per heavy atom. The molecule has 0 aromatic rings. The van der Waals surface area contributed by atoms with Crippen molar-refractivity contribution in [3.05, 3.63) is 0 Å². The zero-order chi connectivity index (χ0) is 21.1. The van der Waals surface area contributed by atoms with Crippen LogP contribution in [-0.2, 0) is 4.79 Å². The first-order valence-corrected chi connectivity index (χ1v) is 11.7. The molecule has 3 N–H and O–H groups in total. The number of nitrogens with one attached hydrogen (secondary N) is 2. The van der Waals surface area contributed by atoms with E-state index in [1.807, 2.05) is 0 Å². The second kappa shape index (κ2) is 15.2. The van der Waals surface area contributed by atoms with Crippen LogP contribution in [-0.4, -0.2) is 85.7 Å². The molecule has 1 saturated heterocycles. The van der Waals surface area contributed by atoms with Crippen LogP contribution in [0.4, 0.5) is 0 Å². The van der Waals surface area contributed by atoms with E-state index in [9.17, 15) is 9.90 Å². The first-order chi connectivity index (χ1) is 14.0. The van der Waals surface area contributed by atoms with Crippen LogP contribution in [0.3, 0.4) is 0 Å². The number of aliphatic imine (C=N–C) groups is 1. The molecule has 1 atom stereocenters. The molecule has 0 aromatic carbocycles. The fraction of sp³-hybridized carbons (Fsp3) is 0.909. The normalized spacial score (nSPS) is 19.2. The number of hydrogen-bond acceptors (Lipinski definition) is 4. The Balaban J connectivity index is 0.00000450. The van der Waals surface area contributed by atoms with Crippen molar-refractivity contribution in [1.29, 1.82) is 0 Å². The van der Waals surface area contributed by atoms with Crippen LogP contribution in [0.15, 0.2) is 4.99 Å². The number of guanidine groups is 1. The summed E-state index contributed by atoms with van der Waals surface area (Å²) in [6.45, 7) is 13.8. The number of carbonyl (C=O) groups excluding carboxylic acids is 1. The van der Waals surface area contributed by atoms with Crippen molar-refractivity contribution in [2.75, 3.05) is 59.0 Å². The predicted octanol–water partition coefficient (Wildman–Crippen LogP) is 2.15. The number of hydrogen-bond donors (Lipinski definition) is 3. The smallest absolute Gasteiger partial charge is 0.225 e. The summed E-state index contributed by atoms with van der Waals surface area (Å²) in [4.78, 5) is 21.6. The summed E-state index contributed by atoms with van der Waals surface area (Å²) in [6, 6.07) is 0. The van der Waals surface area contributed by atoms with E-state index in [1.165, 1.54) is 6.42 Å². The van der Waals surface area contributed by atoms with Crippen molar-refractivity contribution < 1.29 is 9.90 Å². The Labute approximate surface area is 200 Å². The minimum absolute atomic E-state index is 0. The Hall–Kier alpha value is -0.610. The molecule has 0 bridgehead atoms. The van der Waals surface area contributed by atoms with E-state index in [0.29, 0.717) is 23.7 Å². The molecule has 2 rings (SSSR count). The molecule has 7 nitrogen and oxygen atoms in total. The van der Waals surface area contributed by atoms with Crippen LogP contribution in [0.25, 0.3) is 0 Å². The van der Waals surface area contributed by atoms with Gasteiger partial charge in [0.2, 0.25) is 5.91 Å². The second-order valence-corrected chi connectivity index (χ2v) is 8.95. The van der Waals surface area contributed by atoms with Gasteiger partial charge in [0.1, 0.15) is 0 Å². The summed E-state index contributed by atoms with van der Waals surface area (Å²) in [5.41, 5.74) is 0. The van der Waals surface area contributed by atoms with Gasteiger partial charge in [-0.1, -0.05) is 20.3 Å². The lowest BCUT2D eigenvalue weighted by Crippen LogP contribution is -2.52. The predicted molar refractivity (Wildman–Crippen MR) is 134 cm³/mol. The van der Waals surface area contributed by atoms with E-state index in [4.69, 9.17) is 4.99 Å². The third-order valence-electron chi connectivity index (χ3n) is 6.05. The SMILES string of the molecule is CCNC(=NCC(CCO)CC(C)C)NCCN1CCN(C(=O)C2CCC2)CC1.I. The van der Waals surface area contributed by atoms with Gasteiger partial charge in [-0.05, 0) is 44.4 Å². The maximum atomic E-state index is 12.4. The summed E-state index contributed by atoms with van der Waals surface area (Å²) in [6.07, 6.45) is 5.30. The van der Waals surface area contributed by atoms with Gasteiger partial charge in [-0.3, -0.25) is 14.7 Å². The van der Waals surface area contributed by atoms with Crippen molar-refractivity contribution in [1.82, 2.24) is 20.4 Å². The highest BCUT2D eigenvalue weighted by molar-refractivity contribution is 14.0. The number of halogens is 1. The van der Waals surface area contributed by atoms with Gasteiger partial charge in [0.25, 0.3) is 0 Å². The quantitative estimate of drug-likeness (QED) is 0.214. The molecule has 8 heteroatoms. The summed E-state index contributed by atoms with van der Waals surface area (Å²) >= 11 is 0. The monoisotopic (exact) mass is 537 g/mol. The first-order valence-electron chi connectivity index (χ1n) is 11.7. The number of rotatable bonds is 11. The van der Waals surface area contributed by atoms with Gasteiger partial charge in [-0.2, -0.15) is 0 Å². The lowest BCUT2D eigenvalue weighted by atomic mass is 9.84. The minimum atomic E-state index is 0. The van der Waals surface area contributed by atoms with Crippen LogP contribution in [0.1, 0.15) is 52.9 Å². The van der Waals surface area contributed by atoms with Gasteiger partial charge in [0, 0.05) is 64.9 Å². The molecule has 1 aliphatic carbocycles. The third kappa shape index (κ3) is 9.68. The topological polar surface area (TPSA) is 80.2 Å². The molecular weight excluding hydrogens is 493 g/mol. The van der Waals surface area contributed by atoms with Gasteiger partial charge in [0.05, 0.1) is 0 Å². The molecule has 1 aliphatic heterocycles. The van der Waals surface area contributed by atoms with Gasteiger partial charge in [-0.15, -0.1) is 24.0 Å². The Kier molecular flexibility index (Phi) is 13.9. The van der Waals surface area contributed by atoms with Gasteiger partial charge in [-0.25, -0.2) is 0 Å². The molecule has 1 saturated carbocycles. The number of amides is 1. The van der Waals surface area contributed by atoms with Crippen LogP contribution in [0.2, 0.25) is 0 Å². The van der Waals surface area contributed by atoms with E-state index in [-0.39, 0.29) is 30.6 Å². The maximum Gasteiger partial charge on any atom is 0.225 e. The number of carbonyl (C=O) groups is 1. The number of nitrogens with zero attached hydrogens (tertiary/aromatic N) is 3. The van der Waals surface area contributed by atoms with Crippen molar-refractivity contribution in [2.24, 2.45) is 22.7 Å².